The average Bonchev–Trinajstić information content (AvgIpc) is 2.71. The fourth-order valence-electron chi connectivity index (χ4n) is 2.39. The summed E-state index contributed by atoms with van der Waals surface area (Å²) in [5, 5.41) is 4.44. The third-order valence-electron chi connectivity index (χ3n) is 3.72. The van der Waals surface area contributed by atoms with E-state index in [0.29, 0.717) is 6.61 Å². The van der Waals surface area contributed by atoms with Gasteiger partial charge in [0.2, 0.25) is 5.91 Å². The van der Waals surface area contributed by atoms with E-state index in [2.05, 4.69) is 34.3 Å². The summed E-state index contributed by atoms with van der Waals surface area (Å²) in [6.07, 6.45) is 3.32. The zero-order chi connectivity index (χ0) is 19.8. The van der Waals surface area contributed by atoms with Crippen LogP contribution >= 0.6 is 23.5 Å². The van der Waals surface area contributed by atoms with Crippen molar-refractivity contribution in [3.05, 3.63) is 66.5 Å². The summed E-state index contributed by atoms with van der Waals surface area (Å²) in [6.45, 7) is 4.62. The number of aromatic nitrogens is 2. The van der Waals surface area contributed by atoms with Gasteiger partial charge in [-0.25, -0.2) is 9.97 Å². The molecule has 0 atom stereocenters. The highest BCUT2D eigenvalue weighted by Gasteiger charge is 2.12. The van der Waals surface area contributed by atoms with E-state index < -0.39 is 0 Å². The lowest BCUT2D eigenvalue weighted by molar-refractivity contribution is -0.113. The van der Waals surface area contributed by atoms with E-state index in [9.17, 15) is 4.79 Å². The Morgan fingerprint density at radius 1 is 1.04 bits per heavy atom. The number of nitrogens with zero attached hydrogens (tertiary/aromatic N) is 2. The molecule has 1 N–H and O–H groups in total. The molecule has 0 aliphatic heterocycles. The molecule has 3 rings (SSSR count). The van der Waals surface area contributed by atoms with Gasteiger partial charge < -0.3 is 10.1 Å². The SMILES string of the molecule is CCOc1ccc(NC(=O)CSc2nccnc2Sc2ccccc2C)cc1. The first-order valence-electron chi connectivity index (χ1n) is 8.85. The van der Waals surface area contributed by atoms with Crippen molar-refractivity contribution in [1.82, 2.24) is 9.97 Å². The zero-order valence-corrected chi connectivity index (χ0v) is 17.3. The Labute approximate surface area is 173 Å². The summed E-state index contributed by atoms with van der Waals surface area (Å²) in [5.41, 5.74) is 1.92. The number of carbonyl (C=O) groups excluding carboxylic acids is 1. The van der Waals surface area contributed by atoms with Gasteiger partial charge in [0.1, 0.15) is 15.8 Å². The van der Waals surface area contributed by atoms with Gasteiger partial charge in [-0.3, -0.25) is 4.79 Å². The van der Waals surface area contributed by atoms with Crippen LogP contribution in [-0.2, 0) is 4.79 Å². The molecule has 3 aromatic rings. The second-order valence-electron chi connectivity index (χ2n) is 5.83. The van der Waals surface area contributed by atoms with Crippen LogP contribution in [-0.4, -0.2) is 28.2 Å². The van der Waals surface area contributed by atoms with Crippen LogP contribution in [0.25, 0.3) is 0 Å². The van der Waals surface area contributed by atoms with Crippen molar-refractivity contribution in [2.45, 2.75) is 28.8 Å². The van der Waals surface area contributed by atoms with Crippen LogP contribution in [0.2, 0.25) is 0 Å². The van der Waals surface area contributed by atoms with Gasteiger partial charge in [0.05, 0.1) is 12.4 Å². The summed E-state index contributed by atoms with van der Waals surface area (Å²) in [7, 11) is 0. The lowest BCUT2D eigenvalue weighted by atomic mass is 10.2. The molecule has 0 unspecified atom stereocenters. The molecule has 144 valence electrons. The van der Waals surface area contributed by atoms with Crippen molar-refractivity contribution in [2.24, 2.45) is 0 Å². The second-order valence-corrected chi connectivity index (χ2v) is 7.82. The van der Waals surface area contributed by atoms with E-state index in [1.165, 1.54) is 17.3 Å². The third kappa shape index (κ3) is 5.74. The normalized spacial score (nSPS) is 10.5. The minimum atomic E-state index is -0.0911. The van der Waals surface area contributed by atoms with Crippen molar-refractivity contribution < 1.29 is 9.53 Å². The van der Waals surface area contributed by atoms with E-state index in [0.717, 1.165) is 26.4 Å². The Balaban J connectivity index is 1.60. The molecule has 0 saturated carbocycles. The highest BCUT2D eigenvalue weighted by atomic mass is 32.2. The average molecular weight is 412 g/mol. The molecule has 28 heavy (non-hydrogen) atoms. The molecular weight excluding hydrogens is 390 g/mol. The molecule has 0 aliphatic carbocycles. The number of aryl methyl sites for hydroxylation is 1. The molecule has 2 aromatic carbocycles. The Bertz CT molecular complexity index is 933. The van der Waals surface area contributed by atoms with E-state index in [1.807, 2.05) is 43.3 Å². The molecule has 1 amide bonds. The molecule has 0 fully saturated rings. The molecule has 1 heterocycles. The van der Waals surface area contributed by atoms with E-state index in [4.69, 9.17) is 4.74 Å². The fourth-order valence-corrected chi connectivity index (χ4v) is 4.18. The molecule has 7 heteroatoms. The number of anilines is 1. The molecule has 0 aliphatic rings. The number of benzene rings is 2. The van der Waals surface area contributed by atoms with Gasteiger partial charge >= 0.3 is 0 Å². The smallest absolute Gasteiger partial charge is 0.234 e. The maximum atomic E-state index is 12.3. The second kappa shape index (κ2) is 10.1. The highest BCUT2D eigenvalue weighted by molar-refractivity contribution is 8.02. The van der Waals surface area contributed by atoms with Crippen LogP contribution in [0.4, 0.5) is 5.69 Å². The van der Waals surface area contributed by atoms with Crippen molar-refractivity contribution >= 4 is 35.1 Å². The van der Waals surface area contributed by atoms with Crippen LogP contribution in [0.3, 0.4) is 0 Å². The van der Waals surface area contributed by atoms with Gasteiger partial charge in [0.25, 0.3) is 0 Å². The lowest BCUT2D eigenvalue weighted by Crippen LogP contribution is -2.14. The largest absolute Gasteiger partial charge is 0.494 e. The van der Waals surface area contributed by atoms with Crippen molar-refractivity contribution in [3.8, 4) is 5.75 Å². The van der Waals surface area contributed by atoms with Crippen molar-refractivity contribution in [1.29, 1.82) is 0 Å². The maximum absolute atomic E-state index is 12.3. The Morgan fingerprint density at radius 3 is 2.46 bits per heavy atom. The summed E-state index contributed by atoms with van der Waals surface area (Å²) < 4.78 is 5.41. The lowest BCUT2D eigenvalue weighted by Gasteiger charge is -2.09. The van der Waals surface area contributed by atoms with E-state index in [-0.39, 0.29) is 11.7 Å². The van der Waals surface area contributed by atoms with Crippen LogP contribution < -0.4 is 10.1 Å². The standard InChI is InChI=1S/C21H21N3O2S2/c1-3-26-17-10-8-16(9-11-17)24-19(25)14-27-20-21(23-13-12-22-20)28-18-7-5-4-6-15(18)2/h4-13H,3,14H2,1-2H3,(H,24,25). The summed E-state index contributed by atoms with van der Waals surface area (Å²) in [5.74, 6) is 0.951. The van der Waals surface area contributed by atoms with Gasteiger partial charge in [-0.2, -0.15) is 0 Å². The van der Waals surface area contributed by atoms with Crippen LogP contribution in [0.5, 0.6) is 5.75 Å². The van der Waals surface area contributed by atoms with Gasteiger partial charge in [-0.15, -0.1) is 0 Å². The van der Waals surface area contributed by atoms with Gasteiger partial charge in [0.15, 0.2) is 0 Å². The summed E-state index contributed by atoms with van der Waals surface area (Å²) in [6, 6.07) is 15.5. The molecule has 0 spiro atoms. The monoisotopic (exact) mass is 411 g/mol. The number of rotatable bonds is 8. The summed E-state index contributed by atoms with van der Waals surface area (Å²) >= 11 is 2.94. The molecule has 5 nitrogen and oxygen atoms in total. The van der Waals surface area contributed by atoms with Crippen LogP contribution in [0.1, 0.15) is 12.5 Å². The van der Waals surface area contributed by atoms with Crippen LogP contribution in [0, 0.1) is 6.92 Å². The number of thioether (sulfide) groups is 1. The van der Waals surface area contributed by atoms with Crippen molar-refractivity contribution in [2.75, 3.05) is 17.7 Å². The van der Waals surface area contributed by atoms with Gasteiger partial charge in [-0.05, 0) is 49.7 Å². The van der Waals surface area contributed by atoms with E-state index in [1.54, 1.807) is 24.2 Å². The number of carbonyl (C=O) groups is 1. The van der Waals surface area contributed by atoms with Crippen LogP contribution in [0.15, 0.2) is 75.9 Å². The predicted molar refractivity (Wildman–Crippen MR) is 114 cm³/mol. The number of hydrogen-bond donors (Lipinski definition) is 1. The maximum Gasteiger partial charge on any atom is 0.234 e. The zero-order valence-electron chi connectivity index (χ0n) is 15.7. The molecular formula is C21H21N3O2S2. The number of hydrogen-bond acceptors (Lipinski definition) is 6. The topological polar surface area (TPSA) is 64.1 Å². The quantitative estimate of drug-likeness (QED) is 0.522. The summed E-state index contributed by atoms with van der Waals surface area (Å²) in [4.78, 5) is 22.3. The Kier molecular flexibility index (Phi) is 7.33. The first-order valence-corrected chi connectivity index (χ1v) is 10.7. The minimum absolute atomic E-state index is 0.0911. The first kappa shape index (κ1) is 20.2. The highest BCUT2D eigenvalue weighted by Crippen LogP contribution is 2.34. The number of ether oxygens (including phenoxy) is 1. The molecule has 0 bridgehead atoms. The molecule has 1 aromatic heterocycles. The van der Waals surface area contributed by atoms with Gasteiger partial charge in [0, 0.05) is 23.0 Å². The van der Waals surface area contributed by atoms with E-state index >= 15 is 0 Å². The number of amides is 1. The predicted octanol–water partition coefficient (Wildman–Crippen LogP) is 5.07. The van der Waals surface area contributed by atoms with Gasteiger partial charge in [-0.1, -0.05) is 41.7 Å². The fraction of sp³-hybridized carbons (Fsp3) is 0.190. The molecule has 0 saturated heterocycles. The first-order chi connectivity index (χ1) is 13.7. The minimum Gasteiger partial charge on any atom is -0.494 e. The Hall–Kier alpha value is -2.51. The third-order valence-corrected chi connectivity index (χ3v) is 6.00. The van der Waals surface area contributed by atoms with Crippen molar-refractivity contribution in [3.63, 3.8) is 0 Å². The molecule has 0 radical (unpaired) electrons. The Morgan fingerprint density at radius 2 is 1.75 bits per heavy atom. The number of nitrogens with one attached hydrogen (secondary N) is 1.